The van der Waals surface area contributed by atoms with Crippen LogP contribution in [0, 0.1) is 6.92 Å². The molecule has 0 saturated carbocycles. The summed E-state index contributed by atoms with van der Waals surface area (Å²) in [6.45, 7) is 4.40. The molecule has 2 heterocycles. The molecule has 5 heteroatoms. The smallest absolute Gasteiger partial charge is 0.335 e. The number of fused-ring (bicyclic) bond motifs is 1. The lowest BCUT2D eigenvalue weighted by molar-refractivity contribution is 0.0697. The van der Waals surface area contributed by atoms with Crippen LogP contribution in [0.2, 0.25) is 0 Å². The number of nitrogens with zero attached hydrogens (tertiary/aromatic N) is 2. The van der Waals surface area contributed by atoms with Gasteiger partial charge in [0.25, 0.3) is 0 Å². The second kappa shape index (κ2) is 9.24. The Morgan fingerprint density at radius 1 is 0.926 bits per heavy atom. The molecule has 5 nitrogen and oxygen atoms in total. The fraction of sp³-hybridized carbons (Fsp3) is 0.318. The zero-order valence-electron chi connectivity index (χ0n) is 15.6. The summed E-state index contributed by atoms with van der Waals surface area (Å²) >= 11 is 0. The van der Waals surface area contributed by atoms with E-state index >= 15 is 0 Å². The molecule has 27 heavy (non-hydrogen) atoms. The fourth-order valence-corrected chi connectivity index (χ4v) is 3.12. The van der Waals surface area contributed by atoms with Crippen molar-refractivity contribution in [3.05, 3.63) is 59.8 Å². The molecule has 0 bridgehead atoms. The third-order valence-corrected chi connectivity index (χ3v) is 4.59. The first-order chi connectivity index (χ1) is 13.1. The Hall–Kier alpha value is -2.79. The summed E-state index contributed by atoms with van der Waals surface area (Å²) in [5.74, 6) is -0.962. The van der Waals surface area contributed by atoms with Gasteiger partial charge in [0, 0.05) is 5.56 Å². The third-order valence-electron chi connectivity index (χ3n) is 4.59. The molecule has 2 N–H and O–H groups in total. The lowest BCUT2D eigenvalue weighted by Gasteiger charge is -2.07. The SMILES string of the molecule is C1CCCNCC1.Cc1nc2ccc(C(=O)O)cc2nc1-c1ccccc1. The Morgan fingerprint density at radius 3 is 2.30 bits per heavy atom. The van der Waals surface area contributed by atoms with Gasteiger partial charge in [0.2, 0.25) is 0 Å². The molecule has 4 rings (SSSR count). The van der Waals surface area contributed by atoms with Crippen molar-refractivity contribution in [2.45, 2.75) is 32.6 Å². The molecule has 0 unspecified atom stereocenters. The number of nitrogens with one attached hydrogen (secondary N) is 1. The molecule has 1 saturated heterocycles. The van der Waals surface area contributed by atoms with Crippen LogP contribution < -0.4 is 5.32 Å². The summed E-state index contributed by atoms with van der Waals surface area (Å²) in [5, 5.41) is 12.4. The van der Waals surface area contributed by atoms with E-state index < -0.39 is 5.97 Å². The van der Waals surface area contributed by atoms with E-state index in [-0.39, 0.29) is 5.56 Å². The molecule has 0 aliphatic carbocycles. The second-order valence-electron chi connectivity index (χ2n) is 6.70. The molecule has 3 aromatic rings. The van der Waals surface area contributed by atoms with Crippen molar-refractivity contribution in [2.24, 2.45) is 0 Å². The molecule has 0 amide bonds. The van der Waals surface area contributed by atoms with Crippen molar-refractivity contribution >= 4 is 17.0 Å². The highest BCUT2D eigenvalue weighted by atomic mass is 16.4. The zero-order chi connectivity index (χ0) is 19.1. The van der Waals surface area contributed by atoms with E-state index in [1.54, 1.807) is 18.2 Å². The monoisotopic (exact) mass is 363 g/mol. The van der Waals surface area contributed by atoms with E-state index in [0.29, 0.717) is 11.0 Å². The molecular weight excluding hydrogens is 338 g/mol. The highest BCUT2D eigenvalue weighted by molar-refractivity contribution is 5.92. The maximum absolute atomic E-state index is 11.0. The van der Waals surface area contributed by atoms with Gasteiger partial charge in [-0.25, -0.2) is 14.8 Å². The first-order valence-corrected chi connectivity index (χ1v) is 9.43. The van der Waals surface area contributed by atoms with E-state index in [1.807, 2.05) is 37.3 Å². The molecule has 1 aromatic heterocycles. The van der Waals surface area contributed by atoms with Crippen molar-refractivity contribution in [1.82, 2.24) is 15.3 Å². The van der Waals surface area contributed by atoms with Gasteiger partial charge in [0.15, 0.2) is 0 Å². The number of hydrogen-bond donors (Lipinski definition) is 2. The number of carboxylic acid groups (broad SMARTS) is 1. The molecule has 1 aliphatic heterocycles. The number of rotatable bonds is 2. The van der Waals surface area contributed by atoms with Gasteiger partial charge in [-0.05, 0) is 51.1 Å². The zero-order valence-corrected chi connectivity index (χ0v) is 15.6. The number of aromatic nitrogens is 2. The Labute approximate surface area is 159 Å². The van der Waals surface area contributed by atoms with Crippen molar-refractivity contribution in [1.29, 1.82) is 0 Å². The molecule has 0 spiro atoms. The number of carboxylic acids is 1. The molecule has 1 fully saturated rings. The van der Waals surface area contributed by atoms with Crippen LogP contribution in [0.1, 0.15) is 41.7 Å². The van der Waals surface area contributed by atoms with Gasteiger partial charge in [-0.2, -0.15) is 0 Å². The number of carbonyl (C=O) groups is 1. The molecular formula is C22H25N3O2. The first-order valence-electron chi connectivity index (χ1n) is 9.43. The minimum absolute atomic E-state index is 0.217. The van der Waals surface area contributed by atoms with Crippen LogP contribution in [0.25, 0.3) is 22.3 Å². The number of benzene rings is 2. The standard InChI is InChI=1S/C16H12N2O2.C6H13N/c1-10-15(11-5-3-2-4-6-11)18-14-9-12(16(19)20)7-8-13(14)17-10;1-2-4-6-7-5-3-1/h2-9H,1H3,(H,19,20);7H,1-6H2. The van der Waals surface area contributed by atoms with E-state index in [2.05, 4.69) is 15.3 Å². The molecule has 140 valence electrons. The maximum Gasteiger partial charge on any atom is 0.335 e. The summed E-state index contributed by atoms with van der Waals surface area (Å²) in [6.07, 6.45) is 5.65. The number of hydrogen-bond acceptors (Lipinski definition) is 4. The van der Waals surface area contributed by atoms with Crippen molar-refractivity contribution in [2.75, 3.05) is 13.1 Å². The number of aryl methyl sites for hydroxylation is 1. The quantitative estimate of drug-likeness (QED) is 0.703. The lowest BCUT2D eigenvalue weighted by Crippen LogP contribution is -2.12. The lowest BCUT2D eigenvalue weighted by atomic mass is 10.1. The van der Waals surface area contributed by atoms with Crippen LogP contribution in [-0.2, 0) is 0 Å². The Morgan fingerprint density at radius 2 is 1.63 bits per heavy atom. The van der Waals surface area contributed by atoms with E-state index in [9.17, 15) is 4.79 Å². The van der Waals surface area contributed by atoms with Gasteiger partial charge < -0.3 is 10.4 Å². The summed E-state index contributed by atoms with van der Waals surface area (Å²) < 4.78 is 0. The van der Waals surface area contributed by atoms with E-state index in [4.69, 9.17) is 5.11 Å². The van der Waals surface area contributed by atoms with E-state index in [1.165, 1.54) is 38.8 Å². The first kappa shape index (κ1) is 19.0. The fourth-order valence-electron chi connectivity index (χ4n) is 3.12. The van der Waals surface area contributed by atoms with Crippen LogP contribution in [0.5, 0.6) is 0 Å². The highest BCUT2D eigenvalue weighted by Gasteiger charge is 2.10. The maximum atomic E-state index is 11.0. The summed E-state index contributed by atoms with van der Waals surface area (Å²) in [6, 6.07) is 14.5. The topological polar surface area (TPSA) is 75.1 Å². The minimum Gasteiger partial charge on any atom is -0.478 e. The summed E-state index contributed by atoms with van der Waals surface area (Å²) in [5.41, 5.74) is 4.09. The molecule has 0 radical (unpaired) electrons. The predicted molar refractivity (Wildman–Crippen MR) is 108 cm³/mol. The molecule has 1 aliphatic rings. The third kappa shape index (κ3) is 5.11. The number of aromatic carboxylic acids is 1. The Balaban J connectivity index is 0.000000253. The average Bonchev–Trinajstić information content (AvgIpc) is 3.01. The van der Waals surface area contributed by atoms with Crippen LogP contribution in [0.4, 0.5) is 0 Å². The summed E-state index contributed by atoms with van der Waals surface area (Å²) in [4.78, 5) is 20.1. The van der Waals surface area contributed by atoms with Crippen molar-refractivity contribution < 1.29 is 9.90 Å². The normalized spacial score (nSPS) is 14.1. The van der Waals surface area contributed by atoms with Crippen LogP contribution >= 0.6 is 0 Å². The van der Waals surface area contributed by atoms with E-state index in [0.717, 1.165) is 17.0 Å². The second-order valence-corrected chi connectivity index (χ2v) is 6.70. The van der Waals surface area contributed by atoms with Crippen LogP contribution in [0.3, 0.4) is 0 Å². The Bertz CT molecular complexity index is 890. The Kier molecular flexibility index (Phi) is 6.49. The van der Waals surface area contributed by atoms with Crippen LogP contribution in [-0.4, -0.2) is 34.1 Å². The predicted octanol–water partition coefficient (Wildman–Crippen LogP) is 4.45. The van der Waals surface area contributed by atoms with Crippen molar-refractivity contribution in [3.8, 4) is 11.3 Å². The minimum atomic E-state index is -0.962. The van der Waals surface area contributed by atoms with Gasteiger partial charge in [0.1, 0.15) is 0 Å². The van der Waals surface area contributed by atoms with Gasteiger partial charge in [-0.3, -0.25) is 0 Å². The van der Waals surface area contributed by atoms with Gasteiger partial charge >= 0.3 is 5.97 Å². The molecule has 0 atom stereocenters. The van der Waals surface area contributed by atoms with Crippen LogP contribution in [0.15, 0.2) is 48.5 Å². The van der Waals surface area contributed by atoms with Crippen molar-refractivity contribution in [3.63, 3.8) is 0 Å². The largest absolute Gasteiger partial charge is 0.478 e. The average molecular weight is 363 g/mol. The van der Waals surface area contributed by atoms with Gasteiger partial charge in [-0.15, -0.1) is 0 Å². The highest BCUT2D eigenvalue weighted by Crippen LogP contribution is 2.23. The summed E-state index contributed by atoms with van der Waals surface area (Å²) in [7, 11) is 0. The van der Waals surface area contributed by atoms with Gasteiger partial charge in [-0.1, -0.05) is 43.2 Å². The van der Waals surface area contributed by atoms with Gasteiger partial charge in [0.05, 0.1) is 28.0 Å². The molecule has 2 aromatic carbocycles.